The molecule has 0 aliphatic rings. The molecule has 0 saturated heterocycles. The fourth-order valence-electron chi connectivity index (χ4n) is 1.62. The molecule has 7 heteroatoms. The summed E-state index contributed by atoms with van der Waals surface area (Å²) >= 11 is 5.98. The quantitative estimate of drug-likeness (QED) is 0.897. The number of aliphatic carboxylic acids is 1. The minimum atomic E-state index is -1.11. The number of hydrogen-bond donors (Lipinski definition) is 2. The number of nitrogens with zero attached hydrogens (tertiary/aromatic N) is 2. The minimum absolute atomic E-state index is 0.214. The van der Waals surface area contributed by atoms with Crippen LogP contribution >= 0.6 is 11.6 Å². The van der Waals surface area contributed by atoms with E-state index in [0.29, 0.717) is 11.3 Å². The van der Waals surface area contributed by atoms with Crippen LogP contribution in [0.1, 0.15) is 26.3 Å². The molecule has 0 unspecified atom stereocenters. The summed E-state index contributed by atoms with van der Waals surface area (Å²) in [7, 11) is 0. The number of nitrogens with one attached hydrogen (secondary N) is 1. The highest BCUT2D eigenvalue weighted by Gasteiger charge is 2.28. The van der Waals surface area contributed by atoms with Crippen LogP contribution in [0.4, 0.5) is 10.5 Å². The average Bonchev–Trinajstić information content (AvgIpc) is 2.36. The first-order chi connectivity index (χ1) is 9.65. The van der Waals surface area contributed by atoms with Crippen LogP contribution < -0.4 is 5.32 Å². The molecular formula is C14H16ClN3O3. The number of amides is 2. The van der Waals surface area contributed by atoms with E-state index in [2.05, 4.69) is 5.32 Å². The smallest absolute Gasteiger partial charge is 0.323 e. The second-order valence-electron chi connectivity index (χ2n) is 5.39. The Morgan fingerprint density at radius 3 is 2.48 bits per heavy atom. The lowest BCUT2D eigenvalue weighted by atomic mass is 10.1. The third-order valence-electron chi connectivity index (χ3n) is 2.69. The Morgan fingerprint density at radius 1 is 1.43 bits per heavy atom. The van der Waals surface area contributed by atoms with Crippen LogP contribution in [0.25, 0.3) is 0 Å². The van der Waals surface area contributed by atoms with E-state index in [1.54, 1.807) is 20.8 Å². The van der Waals surface area contributed by atoms with Crippen LogP contribution in [-0.4, -0.2) is 34.1 Å². The number of hydrogen-bond acceptors (Lipinski definition) is 3. The van der Waals surface area contributed by atoms with Gasteiger partial charge in [-0.05, 0) is 39.0 Å². The van der Waals surface area contributed by atoms with Gasteiger partial charge < -0.3 is 15.3 Å². The minimum Gasteiger partial charge on any atom is -0.480 e. The third kappa shape index (κ3) is 4.65. The second kappa shape index (κ2) is 6.46. The summed E-state index contributed by atoms with van der Waals surface area (Å²) in [5.41, 5.74) is 0.0261. The van der Waals surface area contributed by atoms with Crippen molar-refractivity contribution in [3.05, 3.63) is 28.8 Å². The van der Waals surface area contributed by atoms with Crippen molar-refractivity contribution in [1.82, 2.24) is 4.90 Å². The largest absolute Gasteiger partial charge is 0.480 e. The standard InChI is InChI=1S/C14H16ClN3O3/c1-14(2,3)18(8-12(19)20)13(21)17-11-5-4-9(7-16)6-10(11)15/h4-6H,8H2,1-3H3,(H,17,21)(H,19,20). The van der Waals surface area contributed by atoms with Crippen molar-refractivity contribution in [3.8, 4) is 6.07 Å². The number of anilines is 1. The van der Waals surface area contributed by atoms with Gasteiger partial charge in [-0.15, -0.1) is 0 Å². The predicted molar refractivity (Wildman–Crippen MR) is 79.3 cm³/mol. The Labute approximate surface area is 127 Å². The summed E-state index contributed by atoms with van der Waals surface area (Å²) in [5, 5.41) is 20.4. The van der Waals surface area contributed by atoms with E-state index in [1.165, 1.54) is 23.1 Å². The lowest BCUT2D eigenvalue weighted by molar-refractivity contribution is -0.138. The molecule has 0 radical (unpaired) electrons. The van der Waals surface area contributed by atoms with Gasteiger partial charge in [0.2, 0.25) is 0 Å². The molecule has 112 valence electrons. The summed E-state index contributed by atoms with van der Waals surface area (Å²) in [6.45, 7) is 4.77. The topological polar surface area (TPSA) is 93.4 Å². The Balaban J connectivity index is 2.97. The molecule has 2 N–H and O–H groups in total. The van der Waals surface area contributed by atoms with Crippen molar-refractivity contribution >= 4 is 29.3 Å². The van der Waals surface area contributed by atoms with Crippen LogP contribution in [0.3, 0.4) is 0 Å². The fourth-order valence-corrected chi connectivity index (χ4v) is 1.85. The maximum absolute atomic E-state index is 12.2. The van der Waals surface area contributed by atoms with Crippen molar-refractivity contribution in [1.29, 1.82) is 5.26 Å². The summed E-state index contributed by atoms with van der Waals surface area (Å²) in [6, 6.07) is 5.80. The molecule has 1 aromatic carbocycles. The third-order valence-corrected chi connectivity index (χ3v) is 3.00. The molecule has 0 aromatic heterocycles. The summed E-state index contributed by atoms with van der Waals surface area (Å²) < 4.78 is 0. The van der Waals surface area contributed by atoms with E-state index in [0.717, 1.165) is 0 Å². The van der Waals surface area contributed by atoms with Gasteiger partial charge in [0.1, 0.15) is 6.54 Å². The van der Waals surface area contributed by atoms with Crippen LogP contribution in [0, 0.1) is 11.3 Å². The van der Waals surface area contributed by atoms with Gasteiger partial charge in [-0.2, -0.15) is 5.26 Å². The zero-order valence-electron chi connectivity index (χ0n) is 12.0. The van der Waals surface area contributed by atoms with Gasteiger partial charge in [-0.1, -0.05) is 11.6 Å². The average molecular weight is 310 g/mol. The van der Waals surface area contributed by atoms with Crippen LogP contribution in [0.2, 0.25) is 5.02 Å². The molecule has 0 saturated carbocycles. The first-order valence-corrected chi connectivity index (χ1v) is 6.53. The van der Waals surface area contributed by atoms with E-state index < -0.39 is 24.1 Å². The number of nitriles is 1. The van der Waals surface area contributed by atoms with Gasteiger partial charge in [-0.3, -0.25) is 4.79 Å². The molecule has 2 amide bonds. The molecule has 0 aliphatic heterocycles. The molecule has 0 atom stereocenters. The highest BCUT2D eigenvalue weighted by atomic mass is 35.5. The van der Waals surface area contributed by atoms with Crippen LogP contribution in [-0.2, 0) is 4.79 Å². The zero-order chi connectivity index (χ0) is 16.2. The predicted octanol–water partition coefficient (Wildman–Crippen LogP) is 2.93. The first kappa shape index (κ1) is 16.8. The van der Waals surface area contributed by atoms with E-state index in [1.807, 2.05) is 6.07 Å². The van der Waals surface area contributed by atoms with Gasteiger partial charge in [0.25, 0.3) is 0 Å². The Morgan fingerprint density at radius 2 is 2.05 bits per heavy atom. The van der Waals surface area contributed by atoms with E-state index >= 15 is 0 Å². The SMILES string of the molecule is CC(C)(C)N(CC(=O)O)C(=O)Nc1ccc(C#N)cc1Cl. The molecule has 0 aliphatic carbocycles. The number of benzene rings is 1. The monoisotopic (exact) mass is 309 g/mol. The highest BCUT2D eigenvalue weighted by molar-refractivity contribution is 6.33. The number of halogens is 1. The molecule has 0 bridgehead atoms. The van der Waals surface area contributed by atoms with Crippen molar-refractivity contribution < 1.29 is 14.7 Å². The number of carboxylic acids is 1. The maximum atomic E-state index is 12.2. The zero-order valence-corrected chi connectivity index (χ0v) is 12.7. The summed E-state index contributed by atoms with van der Waals surface area (Å²) in [4.78, 5) is 24.3. The second-order valence-corrected chi connectivity index (χ2v) is 5.79. The Bertz CT molecular complexity index is 602. The number of carbonyl (C=O) groups is 2. The Hall–Kier alpha value is -2.26. The molecule has 21 heavy (non-hydrogen) atoms. The number of urea groups is 1. The summed E-state index contributed by atoms with van der Waals surface area (Å²) in [6.07, 6.45) is 0. The molecule has 6 nitrogen and oxygen atoms in total. The maximum Gasteiger partial charge on any atom is 0.323 e. The van der Waals surface area contributed by atoms with Crippen LogP contribution in [0.15, 0.2) is 18.2 Å². The lowest BCUT2D eigenvalue weighted by Crippen LogP contribution is -2.50. The molecule has 1 rings (SSSR count). The highest BCUT2D eigenvalue weighted by Crippen LogP contribution is 2.24. The normalized spacial score (nSPS) is 10.6. The fraction of sp³-hybridized carbons (Fsp3) is 0.357. The van der Waals surface area contributed by atoms with Crippen molar-refractivity contribution in [2.45, 2.75) is 26.3 Å². The van der Waals surface area contributed by atoms with Crippen molar-refractivity contribution in [2.24, 2.45) is 0 Å². The van der Waals surface area contributed by atoms with E-state index in [9.17, 15) is 9.59 Å². The number of carbonyl (C=O) groups excluding carboxylic acids is 1. The lowest BCUT2D eigenvalue weighted by Gasteiger charge is -2.34. The molecule has 0 spiro atoms. The van der Waals surface area contributed by atoms with E-state index in [-0.39, 0.29) is 5.02 Å². The van der Waals surface area contributed by atoms with Gasteiger partial charge in [-0.25, -0.2) is 4.79 Å². The van der Waals surface area contributed by atoms with Crippen molar-refractivity contribution in [2.75, 3.05) is 11.9 Å². The van der Waals surface area contributed by atoms with E-state index in [4.69, 9.17) is 22.0 Å². The van der Waals surface area contributed by atoms with Gasteiger partial charge >= 0.3 is 12.0 Å². The van der Waals surface area contributed by atoms with Gasteiger partial charge in [0.15, 0.2) is 0 Å². The molecule has 0 fully saturated rings. The number of rotatable bonds is 3. The number of carboxylic acid groups (broad SMARTS) is 1. The summed E-state index contributed by atoms with van der Waals surface area (Å²) in [5.74, 6) is -1.11. The first-order valence-electron chi connectivity index (χ1n) is 6.15. The van der Waals surface area contributed by atoms with Crippen molar-refractivity contribution in [3.63, 3.8) is 0 Å². The Kier molecular flexibility index (Phi) is 5.17. The molecule has 0 heterocycles. The molecular weight excluding hydrogens is 294 g/mol. The van der Waals surface area contributed by atoms with Gasteiger partial charge in [0, 0.05) is 5.54 Å². The molecule has 1 aromatic rings. The van der Waals surface area contributed by atoms with Gasteiger partial charge in [0.05, 0.1) is 22.3 Å². The van der Waals surface area contributed by atoms with Crippen LogP contribution in [0.5, 0.6) is 0 Å².